The molecule has 0 saturated heterocycles. The second kappa shape index (κ2) is 6.05. The van der Waals surface area contributed by atoms with Crippen LogP contribution in [-0.4, -0.2) is 22.9 Å². The molecule has 1 aliphatic rings. The quantitative estimate of drug-likeness (QED) is 0.909. The van der Waals surface area contributed by atoms with Crippen molar-refractivity contribution in [3.63, 3.8) is 0 Å². The summed E-state index contributed by atoms with van der Waals surface area (Å²) < 4.78 is 37.6. The maximum Gasteiger partial charge on any atom is 0.416 e. The predicted octanol–water partition coefficient (Wildman–Crippen LogP) is 2.93. The van der Waals surface area contributed by atoms with Crippen LogP contribution < -0.4 is 5.73 Å². The molecule has 3 nitrogen and oxygen atoms in total. The first-order valence-corrected chi connectivity index (χ1v) is 7.05. The minimum Gasteiger partial charge on any atom is -0.334 e. The molecule has 2 rings (SSSR count). The zero-order valence-corrected chi connectivity index (χ0v) is 11.9. The van der Waals surface area contributed by atoms with Gasteiger partial charge in [-0.2, -0.15) is 13.2 Å². The Morgan fingerprint density at radius 1 is 1.33 bits per heavy atom. The van der Waals surface area contributed by atoms with Crippen LogP contribution in [-0.2, 0) is 17.5 Å². The molecule has 1 amide bonds. The lowest BCUT2D eigenvalue weighted by atomic mass is 10.1. The Labute approximate surface area is 121 Å². The van der Waals surface area contributed by atoms with Crippen molar-refractivity contribution in [3.8, 4) is 0 Å². The van der Waals surface area contributed by atoms with E-state index < -0.39 is 17.8 Å². The van der Waals surface area contributed by atoms with Crippen LogP contribution in [0.25, 0.3) is 0 Å². The number of nitrogens with two attached hydrogens (primary N) is 1. The number of alkyl halides is 3. The van der Waals surface area contributed by atoms with Gasteiger partial charge < -0.3 is 10.6 Å². The molecule has 0 heterocycles. The molecule has 0 radical (unpaired) electrons. The van der Waals surface area contributed by atoms with Gasteiger partial charge in [-0.3, -0.25) is 4.79 Å². The Balaban J connectivity index is 2.09. The average molecular weight is 300 g/mol. The summed E-state index contributed by atoms with van der Waals surface area (Å²) in [5.41, 5.74) is 5.78. The lowest BCUT2D eigenvalue weighted by molar-refractivity contribution is -0.137. The fourth-order valence-corrected chi connectivity index (χ4v) is 2.16. The van der Waals surface area contributed by atoms with Gasteiger partial charge in [0.05, 0.1) is 11.6 Å². The second-order valence-electron chi connectivity index (χ2n) is 5.41. The molecule has 1 aromatic rings. The van der Waals surface area contributed by atoms with Gasteiger partial charge in [-0.1, -0.05) is 19.1 Å². The van der Waals surface area contributed by atoms with Crippen LogP contribution in [0.4, 0.5) is 13.2 Å². The molecule has 0 aromatic heterocycles. The third kappa shape index (κ3) is 3.97. The number of rotatable bonds is 5. The Kier molecular flexibility index (Phi) is 4.56. The van der Waals surface area contributed by atoms with Gasteiger partial charge in [-0.15, -0.1) is 0 Å². The minimum atomic E-state index is -4.34. The zero-order valence-electron chi connectivity index (χ0n) is 11.9. The summed E-state index contributed by atoms with van der Waals surface area (Å²) in [4.78, 5) is 13.9. The van der Waals surface area contributed by atoms with Crippen molar-refractivity contribution < 1.29 is 18.0 Å². The Morgan fingerprint density at radius 3 is 2.33 bits per heavy atom. The van der Waals surface area contributed by atoms with E-state index in [4.69, 9.17) is 5.73 Å². The van der Waals surface area contributed by atoms with Gasteiger partial charge in [-0.25, -0.2) is 0 Å². The van der Waals surface area contributed by atoms with E-state index in [2.05, 4.69) is 0 Å². The van der Waals surface area contributed by atoms with Gasteiger partial charge in [0.15, 0.2) is 0 Å². The van der Waals surface area contributed by atoms with E-state index in [-0.39, 0.29) is 11.9 Å². The van der Waals surface area contributed by atoms with Gasteiger partial charge in [0.2, 0.25) is 5.91 Å². The lowest BCUT2D eigenvalue weighted by Crippen LogP contribution is -2.44. The number of hydrogen-bond donors (Lipinski definition) is 1. The Hall–Kier alpha value is -1.56. The molecule has 21 heavy (non-hydrogen) atoms. The lowest BCUT2D eigenvalue weighted by Gasteiger charge is -2.25. The topological polar surface area (TPSA) is 46.3 Å². The number of benzene rings is 1. The number of nitrogens with zero attached hydrogens (tertiary/aromatic N) is 1. The summed E-state index contributed by atoms with van der Waals surface area (Å²) in [5, 5.41) is 0. The smallest absolute Gasteiger partial charge is 0.334 e. The van der Waals surface area contributed by atoms with Crippen molar-refractivity contribution >= 4 is 5.91 Å². The third-order valence-electron chi connectivity index (χ3n) is 3.66. The molecule has 0 spiro atoms. The van der Waals surface area contributed by atoms with Gasteiger partial charge in [-0.05, 0) is 37.0 Å². The SMILES string of the molecule is CC[C@H](N)C(=O)N(Cc1ccc(C(F)(F)F)cc1)C1CC1. The van der Waals surface area contributed by atoms with E-state index in [9.17, 15) is 18.0 Å². The summed E-state index contributed by atoms with van der Waals surface area (Å²) in [6, 6.07) is 4.57. The second-order valence-corrected chi connectivity index (χ2v) is 5.41. The summed E-state index contributed by atoms with van der Waals surface area (Å²) >= 11 is 0. The van der Waals surface area contributed by atoms with Crippen LogP contribution in [0.15, 0.2) is 24.3 Å². The molecule has 116 valence electrons. The molecule has 1 saturated carbocycles. The summed E-state index contributed by atoms with van der Waals surface area (Å²) in [5.74, 6) is -0.125. The van der Waals surface area contributed by atoms with E-state index in [0.717, 1.165) is 25.0 Å². The summed E-state index contributed by atoms with van der Waals surface area (Å²) in [6.07, 6.45) is -1.92. The molecular formula is C15H19F3N2O. The highest BCUT2D eigenvalue weighted by molar-refractivity contribution is 5.82. The fourth-order valence-electron chi connectivity index (χ4n) is 2.16. The Morgan fingerprint density at radius 2 is 1.90 bits per heavy atom. The average Bonchev–Trinajstić information content (AvgIpc) is 3.27. The molecule has 0 aliphatic heterocycles. The highest BCUT2D eigenvalue weighted by Crippen LogP contribution is 2.31. The maximum atomic E-state index is 12.5. The fraction of sp³-hybridized carbons (Fsp3) is 0.533. The van der Waals surface area contributed by atoms with Crippen LogP contribution in [0.5, 0.6) is 0 Å². The zero-order chi connectivity index (χ0) is 15.6. The molecular weight excluding hydrogens is 281 g/mol. The third-order valence-corrected chi connectivity index (χ3v) is 3.66. The van der Waals surface area contributed by atoms with Crippen LogP contribution >= 0.6 is 0 Å². The van der Waals surface area contributed by atoms with E-state index >= 15 is 0 Å². The number of carbonyl (C=O) groups is 1. The highest BCUT2D eigenvalue weighted by Gasteiger charge is 2.34. The van der Waals surface area contributed by atoms with Crippen molar-refractivity contribution in [2.45, 2.75) is 51.0 Å². The first-order chi connectivity index (χ1) is 9.82. The summed E-state index contributed by atoms with van der Waals surface area (Å²) in [7, 11) is 0. The van der Waals surface area contributed by atoms with E-state index in [1.165, 1.54) is 12.1 Å². The van der Waals surface area contributed by atoms with Crippen LogP contribution in [0, 0.1) is 0 Å². The maximum absolute atomic E-state index is 12.5. The van der Waals surface area contributed by atoms with Crippen molar-refractivity contribution in [1.82, 2.24) is 4.90 Å². The van der Waals surface area contributed by atoms with E-state index in [1.807, 2.05) is 6.92 Å². The molecule has 0 unspecified atom stereocenters. The van der Waals surface area contributed by atoms with Crippen LogP contribution in [0.3, 0.4) is 0 Å². The van der Waals surface area contributed by atoms with Gasteiger partial charge in [0, 0.05) is 12.6 Å². The van der Waals surface area contributed by atoms with Crippen molar-refractivity contribution in [2.75, 3.05) is 0 Å². The minimum absolute atomic E-state index is 0.125. The number of halogens is 3. The van der Waals surface area contributed by atoms with E-state index in [1.54, 1.807) is 4.90 Å². The van der Waals surface area contributed by atoms with Crippen molar-refractivity contribution in [2.24, 2.45) is 5.73 Å². The van der Waals surface area contributed by atoms with Crippen LogP contribution in [0.2, 0.25) is 0 Å². The van der Waals surface area contributed by atoms with Gasteiger partial charge >= 0.3 is 6.18 Å². The molecule has 0 bridgehead atoms. The van der Waals surface area contributed by atoms with Crippen LogP contribution in [0.1, 0.15) is 37.3 Å². The number of amides is 1. The van der Waals surface area contributed by atoms with E-state index in [0.29, 0.717) is 18.5 Å². The first kappa shape index (κ1) is 15.8. The highest BCUT2D eigenvalue weighted by atomic mass is 19.4. The van der Waals surface area contributed by atoms with Crippen molar-refractivity contribution in [1.29, 1.82) is 0 Å². The largest absolute Gasteiger partial charge is 0.416 e. The van der Waals surface area contributed by atoms with Gasteiger partial charge in [0.1, 0.15) is 0 Å². The summed E-state index contributed by atoms with van der Waals surface area (Å²) in [6.45, 7) is 2.15. The monoisotopic (exact) mass is 300 g/mol. The predicted molar refractivity (Wildman–Crippen MR) is 73.3 cm³/mol. The molecule has 1 aliphatic carbocycles. The van der Waals surface area contributed by atoms with Gasteiger partial charge in [0.25, 0.3) is 0 Å². The Bertz CT molecular complexity index is 495. The normalized spacial score (nSPS) is 16.6. The van der Waals surface area contributed by atoms with Crippen molar-refractivity contribution in [3.05, 3.63) is 35.4 Å². The molecule has 2 N–H and O–H groups in total. The molecule has 6 heteroatoms. The molecule has 1 fully saturated rings. The molecule has 1 aromatic carbocycles. The first-order valence-electron chi connectivity index (χ1n) is 7.05. The number of carbonyl (C=O) groups excluding carboxylic acids is 1. The standard InChI is InChI=1S/C15H19F3N2O/c1-2-13(19)14(21)20(12-7-8-12)9-10-3-5-11(6-4-10)15(16,17)18/h3-6,12-13H,2,7-9,19H2,1H3/t13-/m0/s1. The number of hydrogen-bond acceptors (Lipinski definition) is 2. The molecule has 1 atom stereocenters.